The fourth-order valence-corrected chi connectivity index (χ4v) is 3.38. The van der Waals surface area contributed by atoms with E-state index in [1.54, 1.807) is 42.5 Å². The first kappa shape index (κ1) is 17.6. The Morgan fingerprint density at radius 2 is 1.96 bits per heavy atom. The Bertz CT molecular complexity index is 1140. The van der Waals surface area contributed by atoms with Gasteiger partial charge in [-0.25, -0.2) is 0 Å². The van der Waals surface area contributed by atoms with Gasteiger partial charge in [0.2, 0.25) is 0 Å². The van der Waals surface area contributed by atoms with Crippen LogP contribution in [0.15, 0.2) is 71.2 Å². The van der Waals surface area contributed by atoms with Crippen LogP contribution >= 0.6 is 23.2 Å². The second-order valence-electron chi connectivity index (χ2n) is 6.20. The topological polar surface area (TPSA) is 66.9 Å². The van der Waals surface area contributed by atoms with Gasteiger partial charge in [0.25, 0.3) is 11.5 Å². The predicted octanol–water partition coefficient (Wildman–Crippen LogP) is 4.15. The number of hydrogen-bond acceptors (Lipinski definition) is 2. The highest BCUT2D eigenvalue weighted by atomic mass is 35.5. The minimum absolute atomic E-state index is 0.136. The third-order valence-electron chi connectivity index (χ3n) is 4.28. The van der Waals surface area contributed by atoms with Crippen LogP contribution in [0.5, 0.6) is 0 Å². The molecule has 1 amide bonds. The number of hydrogen-bond donors (Lipinski definition) is 2. The summed E-state index contributed by atoms with van der Waals surface area (Å²) in [5.74, 6) is -0.303. The molecule has 5 nitrogen and oxygen atoms in total. The van der Waals surface area contributed by atoms with Crippen molar-refractivity contribution >= 4 is 40.1 Å². The Morgan fingerprint density at radius 1 is 1.19 bits per heavy atom. The second-order valence-corrected chi connectivity index (χ2v) is 7.20. The monoisotopic (exact) mass is 399 g/mol. The quantitative estimate of drug-likeness (QED) is 0.649. The van der Waals surface area contributed by atoms with Crippen molar-refractivity contribution in [3.05, 3.63) is 87.5 Å². The van der Waals surface area contributed by atoms with Crippen molar-refractivity contribution in [1.82, 2.24) is 14.9 Å². The molecule has 0 radical (unpaired) electrons. The third-order valence-corrected chi connectivity index (χ3v) is 4.84. The molecular weight excluding hydrogens is 385 g/mol. The molecule has 1 aliphatic carbocycles. The zero-order valence-corrected chi connectivity index (χ0v) is 15.6. The SMILES string of the molecule is O=C(NC1=CC(Cl)CC=C1)c1cc2ccc(=O)n(-c3ccc(Cl)cc3)c2[nH]1. The first-order valence-corrected chi connectivity index (χ1v) is 9.17. The summed E-state index contributed by atoms with van der Waals surface area (Å²) in [5, 5.41) is 4.02. The zero-order valence-electron chi connectivity index (χ0n) is 14.1. The molecule has 2 aromatic heterocycles. The van der Waals surface area contributed by atoms with Crippen molar-refractivity contribution in [2.45, 2.75) is 11.8 Å². The molecule has 0 aliphatic heterocycles. The van der Waals surface area contributed by atoms with Crippen LogP contribution in [0.2, 0.25) is 5.02 Å². The minimum atomic E-state index is -0.303. The lowest BCUT2D eigenvalue weighted by atomic mass is 10.1. The highest BCUT2D eigenvalue weighted by Crippen LogP contribution is 2.20. The van der Waals surface area contributed by atoms with Crippen molar-refractivity contribution in [2.75, 3.05) is 0 Å². The molecule has 0 bridgehead atoms. The van der Waals surface area contributed by atoms with E-state index in [1.807, 2.05) is 12.2 Å². The Labute approximate surface area is 164 Å². The van der Waals surface area contributed by atoms with Gasteiger partial charge >= 0.3 is 0 Å². The number of H-pyrrole nitrogens is 1. The lowest BCUT2D eigenvalue weighted by Gasteiger charge is -2.11. The summed E-state index contributed by atoms with van der Waals surface area (Å²) in [7, 11) is 0. The first-order valence-electron chi connectivity index (χ1n) is 8.36. The third kappa shape index (κ3) is 3.56. The Morgan fingerprint density at radius 3 is 2.70 bits per heavy atom. The maximum atomic E-state index is 12.6. The summed E-state index contributed by atoms with van der Waals surface area (Å²) < 4.78 is 1.51. The van der Waals surface area contributed by atoms with E-state index in [0.717, 1.165) is 11.8 Å². The average Bonchev–Trinajstić information content (AvgIpc) is 3.07. The number of carbonyl (C=O) groups excluding carboxylic acids is 1. The second kappa shape index (κ2) is 7.10. The number of nitrogens with zero attached hydrogens (tertiary/aromatic N) is 1. The fourth-order valence-electron chi connectivity index (χ4n) is 3.01. The van der Waals surface area contributed by atoms with E-state index >= 15 is 0 Å². The van der Waals surface area contributed by atoms with Gasteiger partial charge in [-0.3, -0.25) is 14.2 Å². The number of halogens is 2. The van der Waals surface area contributed by atoms with Gasteiger partial charge in [-0.05, 0) is 55.0 Å². The van der Waals surface area contributed by atoms with E-state index < -0.39 is 0 Å². The Balaban J connectivity index is 1.73. The smallest absolute Gasteiger partial charge is 0.272 e. The first-order chi connectivity index (χ1) is 13.0. The molecule has 2 heterocycles. The Kier molecular flexibility index (Phi) is 4.64. The van der Waals surface area contributed by atoms with Crippen LogP contribution in [-0.4, -0.2) is 20.8 Å². The number of allylic oxidation sites excluding steroid dienone is 3. The van der Waals surface area contributed by atoms with Gasteiger partial charge in [0, 0.05) is 22.2 Å². The molecule has 4 rings (SSSR count). The average molecular weight is 400 g/mol. The van der Waals surface area contributed by atoms with Gasteiger partial charge in [-0.15, -0.1) is 11.6 Å². The number of amides is 1. The van der Waals surface area contributed by atoms with Crippen LogP contribution in [0, 0.1) is 0 Å². The number of aromatic amines is 1. The number of pyridine rings is 1. The summed E-state index contributed by atoms with van der Waals surface area (Å²) in [5.41, 5.74) is 2.00. The number of fused-ring (bicyclic) bond motifs is 1. The van der Waals surface area contributed by atoms with Gasteiger partial charge in [0.05, 0.1) is 11.1 Å². The fraction of sp³-hybridized carbons (Fsp3) is 0.100. The van der Waals surface area contributed by atoms with Crippen LogP contribution in [0.25, 0.3) is 16.7 Å². The number of benzene rings is 1. The van der Waals surface area contributed by atoms with Gasteiger partial charge in [-0.1, -0.05) is 17.7 Å². The lowest BCUT2D eigenvalue weighted by molar-refractivity contribution is 0.0963. The van der Waals surface area contributed by atoms with Crippen molar-refractivity contribution in [3.63, 3.8) is 0 Å². The molecule has 27 heavy (non-hydrogen) atoms. The number of nitrogens with one attached hydrogen (secondary N) is 2. The number of alkyl halides is 1. The molecule has 7 heteroatoms. The van der Waals surface area contributed by atoms with E-state index in [0.29, 0.717) is 27.7 Å². The largest absolute Gasteiger partial charge is 0.336 e. The number of rotatable bonds is 3. The number of aromatic nitrogens is 2. The van der Waals surface area contributed by atoms with Crippen molar-refractivity contribution in [3.8, 4) is 5.69 Å². The summed E-state index contributed by atoms with van der Waals surface area (Å²) in [6.45, 7) is 0. The minimum Gasteiger partial charge on any atom is -0.336 e. The molecule has 0 spiro atoms. The van der Waals surface area contributed by atoms with Crippen LogP contribution in [0.3, 0.4) is 0 Å². The Hall–Kier alpha value is -2.76. The van der Waals surface area contributed by atoms with Crippen molar-refractivity contribution in [1.29, 1.82) is 0 Å². The van der Waals surface area contributed by atoms with Gasteiger partial charge in [0.1, 0.15) is 11.3 Å². The number of carbonyl (C=O) groups is 1. The standard InChI is InChI=1S/C20H15Cl2N3O2/c21-13-5-7-16(8-6-13)25-18(26)9-4-12-10-17(24-19(12)25)20(27)23-15-3-1-2-14(22)11-15/h1,3-11,14,24H,2H2,(H,23,27). The molecule has 0 saturated heterocycles. The molecule has 3 aromatic rings. The summed E-state index contributed by atoms with van der Waals surface area (Å²) in [6, 6.07) is 11.8. The normalized spacial score (nSPS) is 16.4. The summed E-state index contributed by atoms with van der Waals surface area (Å²) >= 11 is 12.0. The highest BCUT2D eigenvalue weighted by molar-refractivity contribution is 6.30. The van der Waals surface area contributed by atoms with Crippen LogP contribution < -0.4 is 10.9 Å². The highest BCUT2D eigenvalue weighted by Gasteiger charge is 2.15. The van der Waals surface area contributed by atoms with Crippen LogP contribution in [-0.2, 0) is 0 Å². The van der Waals surface area contributed by atoms with E-state index in [1.165, 1.54) is 10.6 Å². The maximum Gasteiger partial charge on any atom is 0.272 e. The molecule has 1 aromatic carbocycles. The van der Waals surface area contributed by atoms with Gasteiger partial charge in [0.15, 0.2) is 0 Å². The molecule has 2 N–H and O–H groups in total. The lowest BCUT2D eigenvalue weighted by Crippen LogP contribution is -2.24. The van der Waals surface area contributed by atoms with E-state index in [-0.39, 0.29) is 16.8 Å². The molecule has 1 unspecified atom stereocenters. The molecule has 0 fully saturated rings. The molecular formula is C20H15Cl2N3O2. The van der Waals surface area contributed by atoms with Gasteiger partial charge in [-0.2, -0.15) is 0 Å². The van der Waals surface area contributed by atoms with Gasteiger partial charge < -0.3 is 10.3 Å². The molecule has 1 aliphatic rings. The molecule has 0 saturated carbocycles. The summed E-state index contributed by atoms with van der Waals surface area (Å²) in [4.78, 5) is 28.1. The molecule has 1 atom stereocenters. The predicted molar refractivity (Wildman–Crippen MR) is 108 cm³/mol. The van der Waals surface area contributed by atoms with E-state index in [2.05, 4.69) is 10.3 Å². The van der Waals surface area contributed by atoms with E-state index in [4.69, 9.17) is 23.2 Å². The van der Waals surface area contributed by atoms with E-state index in [9.17, 15) is 9.59 Å². The molecule has 136 valence electrons. The maximum absolute atomic E-state index is 12.6. The van der Waals surface area contributed by atoms with Crippen LogP contribution in [0.4, 0.5) is 0 Å². The zero-order chi connectivity index (χ0) is 19.0. The summed E-state index contributed by atoms with van der Waals surface area (Å²) in [6.07, 6.45) is 6.27. The van der Waals surface area contributed by atoms with Crippen molar-refractivity contribution < 1.29 is 4.79 Å². The van der Waals surface area contributed by atoms with Crippen molar-refractivity contribution in [2.24, 2.45) is 0 Å². The van der Waals surface area contributed by atoms with Crippen LogP contribution in [0.1, 0.15) is 16.9 Å².